The minimum absolute atomic E-state index is 0.0426. The van der Waals surface area contributed by atoms with Crippen molar-refractivity contribution in [1.29, 1.82) is 0 Å². The lowest BCUT2D eigenvalue weighted by atomic mass is 10.0. The molecule has 3 rings (SSSR count). The summed E-state index contributed by atoms with van der Waals surface area (Å²) >= 11 is 0. The van der Waals surface area contributed by atoms with Gasteiger partial charge in [-0.25, -0.2) is 14.6 Å². The van der Waals surface area contributed by atoms with Gasteiger partial charge in [0.1, 0.15) is 24.7 Å². The number of carboxylic acids is 1. The predicted molar refractivity (Wildman–Crippen MR) is 130 cm³/mol. The first-order chi connectivity index (χ1) is 17.2. The molecule has 2 aromatic rings. The van der Waals surface area contributed by atoms with Gasteiger partial charge in [0, 0.05) is 24.9 Å². The molecular formula is C25H33N5O6. The lowest BCUT2D eigenvalue weighted by Gasteiger charge is -2.26. The zero-order chi connectivity index (χ0) is 26.1. The van der Waals surface area contributed by atoms with Crippen molar-refractivity contribution in [3.63, 3.8) is 0 Å². The summed E-state index contributed by atoms with van der Waals surface area (Å²) in [5.41, 5.74) is 1.42. The van der Waals surface area contributed by atoms with Crippen molar-refractivity contribution in [3.8, 4) is 0 Å². The lowest BCUT2D eigenvalue weighted by molar-refractivity contribution is -0.142. The molecule has 2 heterocycles. The second-order valence-electron chi connectivity index (χ2n) is 9.26. The number of likely N-dealkylation sites (tertiary alicyclic amines) is 1. The third kappa shape index (κ3) is 7.56. The highest BCUT2D eigenvalue weighted by Gasteiger charge is 2.37. The summed E-state index contributed by atoms with van der Waals surface area (Å²) in [5, 5.41) is 14.8. The van der Waals surface area contributed by atoms with Crippen molar-refractivity contribution < 1.29 is 29.0 Å². The van der Waals surface area contributed by atoms with Crippen molar-refractivity contribution in [2.45, 2.75) is 64.3 Å². The monoisotopic (exact) mass is 499 g/mol. The number of amides is 3. The van der Waals surface area contributed by atoms with Crippen molar-refractivity contribution in [2.24, 2.45) is 5.92 Å². The van der Waals surface area contributed by atoms with Gasteiger partial charge in [0.2, 0.25) is 11.8 Å². The zero-order valence-electron chi connectivity index (χ0n) is 20.5. The third-order valence-corrected chi connectivity index (χ3v) is 5.93. The third-order valence-electron chi connectivity index (χ3n) is 5.93. The number of rotatable bonds is 11. The maximum absolute atomic E-state index is 13.2. The van der Waals surface area contributed by atoms with E-state index < -0.39 is 42.0 Å². The molecule has 0 radical (unpaired) electrons. The van der Waals surface area contributed by atoms with Crippen molar-refractivity contribution in [2.75, 3.05) is 6.54 Å². The topological polar surface area (TPSA) is 154 Å². The molecule has 3 amide bonds. The average molecular weight is 500 g/mol. The van der Waals surface area contributed by atoms with Gasteiger partial charge in [-0.15, -0.1) is 0 Å². The number of aromatic nitrogens is 2. The van der Waals surface area contributed by atoms with E-state index in [0.29, 0.717) is 25.1 Å². The summed E-state index contributed by atoms with van der Waals surface area (Å²) in [7, 11) is 0. The van der Waals surface area contributed by atoms with Crippen molar-refractivity contribution in [3.05, 3.63) is 54.1 Å². The number of ether oxygens (including phenoxy) is 1. The molecule has 36 heavy (non-hydrogen) atoms. The van der Waals surface area contributed by atoms with E-state index in [1.54, 1.807) is 0 Å². The minimum Gasteiger partial charge on any atom is -0.480 e. The second-order valence-corrected chi connectivity index (χ2v) is 9.26. The smallest absolute Gasteiger partial charge is 0.410 e. The van der Waals surface area contributed by atoms with Gasteiger partial charge in [0.15, 0.2) is 0 Å². The number of hydrogen-bond donors (Lipinski definition) is 4. The zero-order valence-corrected chi connectivity index (χ0v) is 20.5. The lowest BCUT2D eigenvalue weighted by Crippen LogP contribution is -2.56. The van der Waals surface area contributed by atoms with Crippen molar-refractivity contribution >= 4 is 23.9 Å². The Morgan fingerprint density at radius 1 is 1.17 bits per heavy atom. The molecule has 1 aromatic carbocycles. The number of carbonyl (C=O) groups excluding carboxylic acids is 3. The number of imidazole rings is 1. The number of aromatic amines is 1. The predicted octanol–water partition coefficient (Wildman–Crippen LogP) is 1.85. The van der Waals surface area contributed by atoms with Crippen LogP contribution in [-0.4, -0.2) is 68.5 Å². The number of H-pyrrole nitrogens is 1. The Morgan fingerprint density at radius 3 is 2.56 bits per heavy atom. The van der Waals surface area contributed by atoms with E-state index in [0.717, 1.165) is 5.56 Å². The Labute approximate surface area is 209 Å². The first kappa shape index (κ1) is 26.7. The van der Waals surface area contributed by atoms with E-state index in [-0.39, 0.29) is 25.4 Å². The van der Waals surface area contributed by atoms with Crippen LogP contribution in [0, 0.1) is 5.92 Å². The Morgan fingerprint density at radius 2 is 1.92 bits per heavy atom. The molecule has 11 heteroatoms. The van der Waals surface area contributed by atoms with Gasteiger partial charge in [-0.1, -0.05) is 44.2 Å². The van der Waals surface area contributed by atoms with E-state index >= 15 is 0 Å². The van der Waals surface area contributed by atoms with Crippen LogP contribution in [0.2, 0.25) is 0 Å². The van der Waals surface area contributed by atoms with E-state index in [4.69, 9.17) is 4.74 Å². The largest absolute Gasteiger partial charge is 0.480 e. The molecule has 4 N–H and O–H groups in total. The Balaban J connectivity index is 1.67. The summed E-state index contributed by atoms with van der Waals surface area (Å²) in [4.78, 5) is 58.8. The first-order valence-corrected chi connectivity index (χ1v) is 12.0. The maximum Gasteiger partial charge on any atom is 0.410 e. The Bertz CT molecular complexity index is 1030. The van der Waals surface area contributed by atoms with E-state index in [9.17, 15) is 24.3 Å². The van der Waals surface area contributed by atoms with Crippen LogP contribution in [0.3, 0.4) is 0 Å². The van der Waals surface area contributed by atoms with Crippen LogP contribution in [0.15, 0.2) is 42.9 Å². The summed E-state index contributed by atoms with van der Waals surface area (Å²) in [6.45, 7) is 4.16. The van der Waals surface area contributed by atoms with Gasteiger partial charge in [0.25, 0.3) is 0 Å². The molecular weight excluding hydrogens is 466 g/mol. The number of carboxylic acid groups (broad SMARTS) is 1. The molecule has 0 aliphatic carbocycles. The van der Waals surface area contributed by atoms with Gasteiger partial charge in [-0.2, -0.15) is 0 Å². The van der Waals surface area contributed by atoms with E-state index in [1.165, 1.54) is 17.4 Å². The average Bonchev–Trinajstić information content (AvgIpc) is 3.54. The Hall–Kier alpha value is -3.89. The number of hydrogen-bond acceptors (Lipinski definition) is 6. The van der Waals surface area contributed by atoms with Gasteiger partial charge >= 0.3 is 12.1 Å². The number of nitrogens with one attached hydrogen (secondary N) is 3. The number of nitrogens with zero attached hydrogens (tertiary/aromatic N) is 2. The molecule has 11 nitrogen and oxygen atoms in total. The normalized spacial score (nSPS) is 16.9. The van der Waals surface area contributed by atoms with Crippen LogP contribution in [0.1, 0.15) is 44.4 Å². The highest BCUT2D eigenvalue weighted by Crippen LogP contribution is 2.19. The quantitative estimate of drug-likeness (QED) is 0.368. The molecule has 3 atom stereocenters. The van der Waals surface area contributed by atoms with E-state index in [2.05, 4.69) is 20.6 Å². The fourth-order valence-corrected chi connectivity index (χ4v) is 4.12. The molecule has 0 saturated carbocycles. The summed E-state index contributed by atoms with van der Waals surface area (Å²) < 4.78 is 5.40. The van der Waals surface area contributed by atoms with E-state index in [1.807, 2.05) is 44.2 Å². The molecule has 0 bridgehead atoms. The Kier molecular flexibility index (Phi) is 9.43. The minimum atomic E-state index is -1.15. The fraction of sp³-hybridized carbons (Fsp3) is 0.480. The number of aliphatic carboxylic acids is 1. The van der Waals surface area contributed by atoms with Gasteiger partial charge in [-0.05, 0) is 30.7 Å². The molecule has 1 fully saturated rings. The molecule has 1 aromatic heterocycles. The van der Waals surface area contributed by atoms with Crippen LogP contribution in [0.5, 0.6) is 0 Å². The van der Waals surface area contributed by atoms with Gasteiger partial charge in [0.05, 0.1) is 6.33 Å². The number of benzene rings is 1. The van der Waals surface area contributed by atoms with Crippen LogP contribution >= 0.6 is 0 Å². The molecule has 1 aliphatic rings. The highest BCUT2D eigenvalue weighted by molar-refractivity contribution is 5.93. The van der Waals surface area contributed by atoms with Gasteiger partial charge in [-0.3, -0.25) is 14.5 Å². The van der Waals surface area contributed by atoms with Crippen LogP contribution in [0.25, 0.3) is 0 Å². The summed E-state index contributed by atoms with van der Waals surface area (Å²) in [5.74, 6) is -2.23. The standard InChI is InChI=1S/C25H33N5O6/c1-16(2)11-20(24(33)34)29-22(31)19(12-18-13-26-15-27-18)28-23(32)21-9-6-10-30(21)25(35)36-14-17-7-4-3-5-8-17/h3-5,7-8,13,15-16,19-21H,6,9-12,14H2,1-2H3,(H,26,27)(H,28,32)(H,29,31)(H,33,34). The van der Waals surface area contributed by atoms with Crippen LogP contribution in [0.4, 0.5) is 4.79 Å². The summed E-state index contributed by atoms with van der Waals surface area (Å²) in [6.07, 6.45) is 3.74. The fourth-order valence-electron chi connectivity index (χ4n) is 4.12. The maximum atomic E-state index is 13.2. The molecule has 1 aliphatic heterocycles. The van der Waals surface area contributed by atoms with Gasteiger partial charge < -0.3 is 25.5 Å². The van der Waals surface area contributed by atoms with Crippen molar-refractivity contribution in [1.82, 2.24) is 25.5 Å². The highest BCUT2D eigenvalue weighted by atomic mass is 16.6. The van der Waals surface area contributed by atoms with Crippen LogP contribution in [-0.2, 0) is 32.1 Å². The second kappa shape index (κ2) is 12.7. The molecule has 0 spiro atoms. The molecule has 3 unspecified atom stereocenters. The van der Waals surface area contributed by atoms with Crippen LogP contribution < -0.4 is 10.6 Å². The first-order valence-electron chi connectivity index (χ1n) is 12.0. The number of carbonyl (C=O) groups is 4. The SMILES string of the molecule is CC(C)CC(NC(=O)C(Cc1cnc[nH]1)NC(=O)C1CCCN1C(=O)OCc1ccccc1)C(=O)O. The summed E-state index contributed by atoms with van der Waals surface area (Å²) in [6, 6.07) is 6.28. The molecule has 194 valence electrons. The molecule has 1 saturated heterocycles.